The lowest BCUT2D eigenvalue weighted by Crippen LogP contribution is -2.47. The van der Waals surface area contributed by atoms with E-state index in [0.29, 0.717) is 10.7 Å². The lowest BCUT2D eigenvalue weighted by Gasteiger charge is -2.33. The molecule has 2 rings (SSSR count). The first-order chi connectivity index (χ1) is 9.32. The Morgan fingerprint density at radius 3 is 2.85 bits per heavy atom. The van der Waals surface area contributed by atoms with Gasteiger partial charge in [-0.05, 0) is 25.1 Å². The lowest BCUT2D eigenvalue weighted by molar-refractivity contribution is -0.151. The maximum atomic E-state index is 11.9. The Morgan fingerprint density at radius 2 is 2.25 bits per heavy atom. The summed E-state index contributed by atoms with van der Waals surface area (Å²) in [5.41, 5.74) is 0.320. The molecule has 1 atom stereocenters. The van der Waals surface area contributed by atoms with Gasteiger partial charge in [0.15, 0.2) is 0 Å². The van der Waals surface area contributed by atoms with Gasteiger partial charge >= 0.3 is 5.97 Å². The lowest BCUT2D eigenvalue weighted by atomic mass is 10.2. The van der Waals surface area contributed by atoms with E-state index >= 15 is 0 Å². The number of carbonyl (C=O) groups excluding carboxylic acids is 1. The quantitative estimate of drug-likeness (QED) is 0.788. The summed E-state index contributed by atoms with van der Waals surface area (Å²) < 4.78 is 35.2. The van der Waals surface area contributed by atoms with E-state index in [0.717, 1.165) is 10.6 Å². The van der Waals surface area contributed by atoms with E-state index in [1.165, 1.54) is 12.1 Å². The van der Waals surface area contributed by atoms with E-state index in [1.807, 2.05) is 0 Å². The van der Waals surface area contributed by atoms with Crippen molar-refractivity contribution in [3.63, 3.8) is 0 Å². The predicted molar refractivity (Wildman–Crippen MR) is 74.7 cm³/mol. The summed E-state index contributed by atoms with van der Waals surface area (Å²) in [6, 6.07) is 4.58. The molecule has 0 bridgehead atoms. The molecule has 0 aromatic heterocycles. The normalized spacial score (nSPS) is 18.1. The fourth-order valence-electron chi connectivity index (χ4n) is 1.90. The molecule has 1 aliphatic heterocycles. The Morgan fingerprint density at radius 1 is 1.55 bits per heavy atom. The molecule has 8 heteroatoms. The maximum absolute atomic E-state index is 11.9. The molecule has 1 aromatic carbocycles. The highest BCUT2D eigenvalue weighted by molar-refractivity contribution is 7.92. The molecule has 1 aliphatic rings. The molecule has 0 N–H and O–H groups in total. The number of ether oxygens (including phenoxy) is 2. The highest BCUT2D eigenvalue weighted by atomic mass is 35.5. The maximum Gasteiger partial charge on any atom is 0.349 e. The summed E-state index contributed by atoms with van der Waals surface area (Å²) in [5, 5.41) is 0.385. The molecule has 0 amide bonds. The number of rotatable bonds is 3. The molecular formula is C12H14ClNO5S. The molecule has 110 valence electrons. The topological polar surface area (TPSA) is 72.9 Å². The van der Waals surface area contributed by atoms with Gasteiger partial charge in [0, 0.05) is 5.02 Å². The van der Waals surface area contributed by atoms with Crippen LogP contribution < -0.4 is 9.04 Å². The summed E-state index contributed by atoms with van der Waals surface area (Å²) in [7, 11) is -3.55. The number of anilines is 1. The molecule has 0 spiro atoms. The highest BCUT2D eigenvalue weighted by Gasteiger charge is 2.35. The van der Waals surface area contributed by atoms with Crippen molar-refractivity contribution < 1.29 is 22.7 Å². The zero-order valence-corrected chi connectivity index (χ0v) is 12.6. The first-order valence-corrected chi connectivity index (χ1v) is 8.16. The minimum atomic E-state index is -3.55. The van der Waals surface area contributed by atoms with Crippen molar-refractivity contribution >= 4 is 33.3 Å². The van der Waals surface area contributed by atoms with E-state index < -0.39 is 22.1 Å². The van der Waals surface area contributed by atoms with Crippen LogP contribution in [0, 0.1) is 0 Å². The second-order valence-electron chi connectivity index (χ2n) is 4.26. The van der Waals surface area contributed by atoms with Crippen LogP contribution in [0.2, 0.25) is 5.02 Å². The van der Waals surface area contributed by atoms with Gasteiger partial charge in [0.05, 0.1) is 25.1 Å². The summed E-state index contributed by atoms with van der Waals surface area (Å²) in [4.78, 5) is 11.8. The van der Waals surface area contributed by atoms with Gasteiger partial charge < -0.3 is 9.47 Å². The number of nitrogens with zero attached hydrogens (tertiary/aromatic N) is 1. The summed E-state index contributed by atoms with van der Waals surface area (Å²) in [6.45, 7) is 1.73. The van der Waals surface area contributed by atoms with Crippen molar-refractivity contribution in [2.24, 2.45) is 0 Å². The van der Waals surface area contributed by atoms with Gasteiger partial charge in [-0.15, -0.1) is 0 Å². The number of hydrogen-bond donors (Lipinski definition) is 0. The second-order valence-corrected chi connectivity index (χ2v) is 6.61. The Balaban J connectivity index is 2.42. The van der Waals surface area contributed by atoms with Gasteiger partial charge in [0.2, 0.25) is 16.1 Å². The van der Waals surface area contributed by atoms with Crippen molar-refractivity contribution in [2.45, 2.75) is 13.0 Å². The third kappa shape index (κ3) is 2.99. The fourth-order valence-corrected chi connectivity index (χ4v) is 2.97. The van der Waals surface area contributed by atoms with E-state index in [4.69, 9.17) is 21.1 Å². The van der Waals surface area contributed by atoms with Crippen molar-refractivity contribution in [3.8, 4) is 5.75 Å². The average Bonchev–Trinajstić information content (AvgIpc) is 2.36. The summed E-state index contributed by atoms with van der Waals surface area (Å²) in [5.74, 6) is -0.314. The van der Waals surface area contributed by atoms with Crippen molar-refractivity contribution in [2.75, 3.05) is 23.7 Å². The first-order valence-electron chi connectivity index (χ1n) is 5.93. The first kappa shape index (κ1) is 14.9. The van der Waals surface area contributed by atoms with Crippen LogP contribution >= 0.6 is 11.6 Å². The van der Waals surface area contributed by atoms with Gasteiger partial charge in [0.25, 0.3) is 0 Å². The minimum Gasteiger partial charge on any atom is -0.475 e. The van der Waals surface area contributed by atoms with Crippen LogP contribution in [-0.2, 0) is 19.6 Å². The van der Waals surface area contributed by atoms with Gasteiger partial charge in [0.1, 0.15) is 5.75 Å². The predicted octanol–water partition coefficient (Wildman–Crippen LogP) is 1.43. The zero-order valence-electron chi connectivity index (χ0n) is 11.0. The molecular weight excluding hydrogens is 306 g/mol. The molecule has 0 saturated carbocycles. The van der Waals surface area contributed by atoms with Crippen LogP contribution in [-0.4, -0.2) is 39.9 Å². The third-order valence-corrected chi connectivity index (χ3v) is 4.12. The van der Waals surface area contributed by atoms with Gasteiger partial charge in [-0.2, -0.15) is 0 Å². The second kappa shape index (κ2) is 5.49. The van der Waals surface area contributed by atoms with Gasteiger partial charge in [-0.25, -0.2) is 13.2 Å². The molecule has 0 unspecified atom stereocenters. The fraction of sp³-hybridized carbons (Fsp3) is 0.417. The Kier molecular flexibility index (Phi) is 4.10. The number of hydrogen-bond acceptors (Lipinski definition) is 5. The molecule has 0 saturated heterocycles. The van der Waals surface area contributed by atoms with Crippen LogP contribution in [0.5, 0.6) is 5.75 Å². The number of fused-ring (bicyclic) bond motifs is 1. The monoisotopic (exact) mass is 319 g/mol. The van der Waals surface area contributed by atoms with Crippen LogP contribution in [0.15, 0.2) is 18.2 Å². The van der Waals surface area contributed by atoms with Crippen molar-refractivity contribution in [3.05, 3.63) is 23.2 Å². The summed E-state index contributed by atoms with van der Waals surface area (Å²) >= 11 is 5.87. The Bertz CT molecular complexity index is 631. The Hall–Kier alpha value is -1.47. The molecule has 0 aliphatic carbocycles. The smallest absolute Gasteiger partial charge is 0.349 e. The standard InChI is InChI=1S/C12H14ClNO5S/c1-3-18-12(15)11-7-14(20(2,16)17)9-6-8(13)4-5-10(9)19-11/h4-6,11H,3,7H2,1-2H3/t11-/m1/s1. The van der Waals surface area contributed by atoms with Crippen LogP contribution in [0.25, 0.3) is 0 Å². The number of halogens is 1. The SMILES string of the molecule is CCOC(=O)[C@H]1CN(S(C)(=O)=O)c2cc(Cl)ccc2O1. The molecule has 1 aromatic rings. The minimum absolute atomic E-state index is 0.134. The summed E-state index contributed by atoms with van der Waals surface area (Å²) in [6.07, 6.45) is 0.0731. The van der Waals surface area contributed by atoms with Crippen molar-refractivity contribution in [1.29, 1.82) is 0 Å². The number of benzene rings is 1. The third-order valence-electron chi connectivity index (χ3n) is 2.74. The van der Waals surface area contributed by atoms with E-state index in [1.54, 1.807) is 13.0 Å². The average molecular weight is 320 g/mol. The van der Waals surface area contributed by atoms with Crippen LogP contribution in [0.3, 0.4) is 0 Å². The molecule has 20 heavy (non-hydrogen) atoms. The Labute approximate surface area is 122 Å². The van der Waals surface area contributed by atoms with Crippen molar-refractivity contribution in [1.82, 2.24) is 0 Å². The largest absolute Gasteiger partial charge is 0.475 e. The molecule has 6 nitrogen and oxygen atoms in total. The highest BCUT2D eigenvalue weighted by Crippen LogP contribution is 2.37. The van der Waals surface area contributed by atoms with Crippen LogP contribution in [0.4, 0.5) is 5.69 Å². The molecule has 0 radical (unpaired) electrons. The molecule has 1 heterocycles. The number of sulfonamides is 1. The van der Waals surface area contributed by atoms with Crippen LogP contribution in [0.1, 0.15) is 6.92 Å². The van der Waals surface area contributed by atoms with Gasteiger partial charge in [-0.1, -0.05) is 11.6 Å². The van der Waals surface area contributed by atoms with E-state index in [2.05, 4.69) is 0 Å². The molecule has 0 fully saturated rings. The van der Waals surface area contributed by atoms with E-state index in [9.17, 15) is 13.2 Å². The van der Waals surface area contributed by atoms with Gasteiger partial charge in [-0.3, -0.25) is 4.31 Å². The zero-order chi connectivity index (χ0) is 14.9. The van der Waals surface area contributed by atoms with E-state index in [-0.39, 0.29) is 18.9 Å². The number of carbonyl (C=O) groups is 1. The number of esters is 1.